The molecule has 2 saturated heterocycles. The van der Waals surface area contributed by atoms with E-state index in [4.69, 9.17) is 15.0 Å². The highest BCUT2D eigenvalue weighted by Gasteiger charge is 2.45. The van der Waals surface area contributed by atoms with Crippen LogP contribution in [0.3, 0.4) is 0 Å². The topological polar surface area (TPSA) is 186 Å². The van der Waals surface area contributed by atoms with E-state index in [1.807, 2.05) is 59.2 Å². The van der Waals surface area contributed by atoms with Crippen LogP contribution in [0.1, 0.15) is 68.0 Å². The summed E-state index contributed by atoms with van der Waals surface area (Å²) >= 11 is 0. The van der Waals surface area contributed by atoms with E-state index in [9.17, 15) is 19.8 Å². The van der Waals surface area contributed by atoms with Crippen molar-refractivity contribution in [1.82, 2.24) is 40.5 Å². The van der Waals surface area contributed by atoms with Gasteiger partial charge in [0.15, 0.2) is 17.0 Å². The van der Waals surface area contributed by atoms with Gasteiger partial charge in [-0.25, -0.2) is 14.8 Å². The number of fused-ring (bicyclic) bond motifs is 1. The van der Waals surface area contributed by atoms with Gasteiger partial charge in [-0.1, -0.05) is 73.2 Å². The zero-order valence-corrected chi connectivity index (χ0v) is 33.1. The van der Waals surface area contributed by atoms with E-state index < -0.39 is 24.3 Å². The average molecular weight is 800 g/mol. The molecule has 2 aliphatic heterocycles. The van der Waals surface area contributed by atoms with E-state index in [-0.39, 0.29) is 35.9 Å². The van der Waals surface area contributed by atoms with Crippen LogP contribution in [0.15, 0.2) is 91.4 Å². The van der Waals surface area contributed by atoms with E-state index in [0.717, 1.165) is 68.6 Å². The first-order valence-electron chi connectivity index (χ1n) is 21.1. The molecule has 3 aromatic heterocycles. The summed E-state index contributed by atoms with van der Waals surface area (Å²) in [4.78, 5) is 49.8. The number of carbonyl (C=O) groups excluding carboxylic acids is 2. The first-order valence-corrected chi connectivity index (χ1v) is 21.1. The number of pyridine rings is 1. The van der Waals surface area contributed by atoms with Crippen LogP contribution < -0.4 is 31.1 Å². The highest BCUT2D eigenvalue weighted by atomic mass is 16.3. The lowest BCUT2D eigenvalue weighted by molar-refractivity contribution is -0.129. The Bertz CT molecular complexity index is 2160. The van der Waals surface area contributed by atoms with Gasteiger partial charge in [0, 0.05) is 62.8 Å². The molecule has 5 atom stereocenters. The fourth-order valence-electron chi connectivity index (χ4n) is 9.07. The van der Waals surface area contributed by atoms with Crippen LogP contribution in [-0.4, -0.2) is 110 Å². The quantitative estimate of drug-likeness (QED) is 0.107. The van der Waals surface area contributed by atoms with Crippen LogP contribution in [-0.2, 0) is 4.79 Å². The lowest BCUT2D eigenvalue weighted by Gasteiger charge is -2.33. The van der Waals surface area contributed by atoms with Gasteiger partial charge in [-0.3, -0.25) is 4.79 Å². The second kappa shape index (κ2) is 17.2. The molecular formula is C44H53N11O4. The largest absolute Gasteiger partial charge is 0.388 e. The molecule has 0 spiro atoms. The second-order valence-corrected chi connectivity index (χ2v) is 16.5. The van der Waals surface area contributed by atoms with Gasteiger partial charge >= 0.3 is 6.03 Å². The first-order chi connectivity index (χ1) is 28.9. The third-order valence-corrected chi connectivity index (χ3v) is 12.7. The van der Waals surface area contributed by atoms with E-state index in [1.165, 1.54) is 0 Å². The number of carbonyl (C=O) groups is 2. The van der Waals surface area contributed by atoms with Crippen LogP contribution >= 0.6 is 0 Å². The Kier molecular flexibility index (Phi) is 11.3. The van der Waals surface area contributed by atoms with Gasteiger partial charge in [-0.05, 0) is 61.8 Å². The van der Waals surface area contributed by atoms with Crippen molar-refractivity contribution >= 4 is 40.7 Å². The number of amides is 3. The third-order valence-electron chi connectivity index (χ3n) is 12.7. The lowest BCUT2D eigenvalue weighted by atomic mass is 9.84. The molecule has 15 heteroatoms. The molecule has 0 unspecified atom stereocenters. The number of aliphatic hydroxyl groups excluding tert-OH is 2. The van der Waals surface area contributed by atoms with Gasteiger partial charge in [0.25, 0.3) is 0 Å². The summed E-state index contributed by atoms with van der Waals surface area (Å²) in [6.45, 7) is 3.33. The summed E-state index contributed by atoms with van der Waals surface area (Å²) in [6, 6.07) is 25.2. The van der Waals surface area contributed by atoms with E-state index in [1.54, 1.807) is 12.5 Å². The Morgan fingerprint density at radius 2 is 1.42 bits per heavy atom. The summed E-state index contributed by atoms with van der Waals surface area (Å²) in [6.07, 6.45) is 6.63. The number of nitrogens with zero attached hydrogens (tertiary/aromatic N) is 7. The van der Waals surface area contributed by atoms with Crippen molar-refractivity contribution in [3.05, 3.63) is 103 Å². The van der Waals surface area contributed by atoms with Crippen molar-refractivity contribution in [2.45, 2.75) is 87.2 Å². The fraction of sp³-hybridized carbons (Fsp3) is 0.455. The van der Waals surface area contributed by atoms with Gasteiger partial charge in [0.1, 0.15) is 18.0 Å². The minimum absolute atomic E-state index is 0.0147. The summed E-state index contributed by atoms with van der Waals surface area (Å²) in [7, 11) is 0. The van der Waals surface area contributed by atoms with Gasteiger partial charge in [0.05, 0.1) is 18.4 Å². The van der Waals surface area contributed by atoms with Gasteiger partial charge in [-0.15, -0.1) is 0 Å². The Morgan fingerprint density at radius 3 is 2.10 bits per heavy atom. The predicted octanol–water partition coefficient (Wildman–Crippen LogP) is 3.96. The summed E-state index contributed by atoms with van der Waals surface area (Å²) in [5.74, 6) is 1.91. The molecule has 2 aliphatic carbocycles. The maximum absolute atomic E-state index is 13.2. The molecule has 59 heavy (non-hydrogen) atoms. The number of benzene rings is 2. The molecule has 3 amide bonds. The van der Waals surface area contributed by atoms with Crippen molar-refractivity contribution in [2.24, 2.45) is 5.92 Å². The monoisotopic (exact) mass is 799 g/mol. The molecule has 4 fully saturated rings. The number of anilines is 3. The van der Waals surface area contributed by atoms with Gasteiger partial charge < -0.3 is 45.8 Å². The molecule has 2 saturated carbocycles. The number of rotatable bonds is 12. The maximum atomic E-state index is 13.2. The third kappa shape index (κ3) is 8.39. The zero-order chi connectivity index (χ0) is 40.3. The molecular weight excluding hydrogens is 747 g/mol. The van der Waals surface area contributed by atoms with Crippen molar-refractivity contribution in [3.63, 3.8) is 0 Å². The molecule has 9 rings (SSSR count). The number of urea groups is 1. The van der Waals surface area contributed by atoms with Crippen molar-refractivity contribution in [3.8, 4) is 0 Å². The van der Waals surface area contributed by atoms with E-state index in [0.29, 0.717) is 49.0 Å². The molecule has 308 valence electrons. The highest BCUT2D eigenvalue weighted by molar-refractivity contribution is 5.85. The lowest BCUT2D eigenvalue weighted by Crippen LogP contribution is -2.50. The number of hydrogen-bond acceptors (Lipinski definition) is 11. The van der Waals surface area contributed by atoms with Crippen LogP contribution in [0.5, 0.6) is 0 Å². The van der Waals surface area contributed by atoms with Crippen LogP contribution in [0.25, 0.3) is 11.2 Å². The standard InChI is InChI=1S/C44H53N11O4/c56-38-34(50-42(58)30-14-9-15-30)24-35(39(38)57)55-27-47-37-40(46-25-33(28-10-3-1-4-11-28)29-12-5-2-6-13-29)51-43(52-41(37)55)54-23-19-32(26-54)49-44(59)48-31-17-21-53(22-18-31)36-16-7-8-20-45-36/h1-8,10-13,16,20,27,30-35,38-39,56-57H,9,14-15,17-19,21-26H2,(H,50,58)(H,46,51,52)(H2,48,49,59)/t32-,34+,35-,38-,39+/m1/s1. The minimum Gasteiger partial charge on any atom is -0.388 e. The number of aromatic nitrogens is 5. The predicted molar refractivity (Wildman–Crippen MR) is 225 cm³/mol. The SMILES string of the molecule is O=C(NC1CCN(c2ccccn2)CC1)N[C@@H]1CCN(c2nc(NCC(c3ccccc3)c3ccccc3)c3ncn([C@@H]4C[C@H](NC(=O)C5CCC5)[C@@H](O)[C@H]4O)c3n2)C1. The van der Waals surface area contributed by atoms with Crippen molar-refractivity contribution in [1.29, 1.82) is 0 Å². The molecule has 5 heterocycles. The molecule has 5 aromatic rings. The molecule has 2 aromatic carbocycles. The van der Waals surface area contributed by atoms with Gasteiger partial charge in [0.2, 0.25) is 11.9 Å². The Hall–Kier alpha value is -5.80. The fourth-order valence-corrected chi connectivity index (χ4v) is 9.07. The van der Waals surface area contributed by atoms with Gasteiger partial charge in [-0.2, -0.15) is 9.97 Å². The summed E-state index contributed by atoms with van der Waals surface area (Å²) < 4.78 is 1.82. The number of imidazole rings is 1. The van der Waals surface area contributed by atoms with Crippen LogP contribution in [0.2, 0.25) is 0 Å². The van der Waals surface area contributed by atoms with Crippen LogP contribution in [0.4, 0.5) is 22.4 Å². The van der Waals surface area contributed by atoms with Crippen LogP contribution in [0, 0.1) is 5.92 Å². The normalized spacial score (nSPS) is 23.7. The molecule has 4 aliphatic rings. The Balaban J connectivity index is 0.935. The number of nitrogens with one attached hydrogen (secondary N) is 4. The molecule has 15 nitrogen and oxygen atoms in total. The van der Waals surface area contributed by atoms with Crippen molar-refractivity contribution < 1.29 is 19.8 Å². The first kappa shape index (κ1) is 38.7. The maximum Gasteiger partial charge on any atom is 0.315 e. The Morgan fingerprint density at radius 1 is 0.746 bits per heavy atom. The summed E-state index contributed by atoms with van der Waals surface area (Å²) in [5.41, 5.74) is 3.37. The van der Waals surface area contributed by atoms with E-state index >= 15 is 0 Å². The number of piperidine rings is 1. The Labute approximate surface area is 343 Å². The molecule has 6 N–H and O–H groups in total. The summed E-state index contributed by atoms with van der Waals surface area (Å²) in [5, 5.41) is 35.5. The smallest absolute Gasteiger partial charge is 0.315 e. The number of aliphatic hydroxyl groups is 2. The second-order valence-electron chi connectivity index (χ2n) is 16.5. The highest BCUT2D eigenvalue weighted by Crippen LogP contribution is 2.36. The molecule has 0 bridgehead atoms. The minimum atomic E-state index is -1.14. The zero-order valence-electron chi connectivity index (χ0n) is 33.1. The number of hydrogen-bond donors (Lipinski definition) is 6. The van der Waals surface area contributed by atoms with Crippen molar-refractivity contribution in [2.75, 3.05) is 47.8 Å². The molecule has 0 radical (unpaired) electrons. The average Bonchev–Trinajstić information content (AvgIpc) is 3.96. The van der Waals surface area contributed by atoms with E-state index in [2.05, 4.69) is 60.3 Å².